The molecule has 3 N–H and O–H groups in total. The van der Waals surface area contributed by atoms with E-state index in [9.17, 15) is 9.59 Å². The molecule has 0 aliphatic carbocycles. The first-order valence-electron chi connectivity index (χ1n) is 5.93. The highest BCUT2D eigenvalue weighted by Crippen LogP contribution is 2.11. The lowest BCUT2D eigenvalue weighted by Crippen LogP contribution is -2.29. The Bertz CT molecular complexity index is 474. The van der Waals surface area contributed by atoms with E-state index in [4.69, 9.17) is 5.11 Å². The number of aromatic nitrogens is 1. The van der Waals surface area contributed by atoms with Crippen molar-refractivity contribution in [1.29, 1.82) is 0 Å². The summed E-state index contributed by atoms with van der Waals surface area (Å²) in [6.45, 7) is 5.83. The number of carboxylic acid groups (broad SMARTS) is 1. The third kappa shape index (κ3) is 4.42. The molecule has 0 saturated carbocycles. The molecule has 6 heteroatoms. The average Bonchev–Trinajstić information content (AvgIpc) is 2.39. The summed E-state index contributed by atoms with van der Waals surface area (Å²) in [5, 5.41) is 14.5. The molecule has 0 radical (unpaired) electrons. The van der Waals surface area contributed by atoms with Crippen molar-refractivity contribution in [2.24, 2.45) is 0 Å². The molecule has 0 bridgehead atoms. The molecule has 1 aromatic heterocycles. The molecule has 1 atom stereocenters. The van der Waals surface area contributed by atoms with Crippen LogP contribution in [0.15, 0.2) is 31.0 Å². The number of nitrogens with one attached hydrogen (secondary N) is 2. The van der Waals surface area contributed by atoms with Crippen LogP contribution in [0.2, 0.25) is 0 Å². The third-order valence-corrected chi connectivity index (χ3v) is 2.37. The van der Waals surface area contributed by atoms with Gasteiger partial charge in [0.15, 0.2) is 0 Å². The number of anilines is 1. The Hall–Kier alpha value is -2.37. The fraction of sp³-hybridized carbons (Fsp3) is 0.308. The van der Waals surface area contributed by atoms with E-state index < -0.39 is 12.0 Å². The molecule has 0 saturated heterocycles. The fourth-order valence-corrected chi connectivity index (χ4v) is 1.48. The van der Waals surface area contributed by atoms with Gasteiger partial charge in [-0.15, -0.1) is 6.58 Å². The summed E-state index contributed by atoms with van der Waals surface area (Å²) in [7, 11) is 0. The smallest absolute Gasteiger partial charge is 0.326 e. The van der Waals surface area contributed by atoms with Gasteiger partial charge in [-0.1, -0.05) is 6.08 Å². The molecule has 0 aliphatic rings. The molecule has 1 amide bonds. The van der Waals surface area contributed by atoms with Crippen molar-refractivity contribution in [3.05, 3.63) is 36.7 Å². The number of carboxylic acids is 1. The predicted octanol–water partition coefficient (Wildman–Crippen LogP) is 1.27. The molecule has 1 unspecified atom stereocenters. The van der Waals surface area contributed by atoms with Gasteiger partial charge in [0.2, 0.25) is 0 Å². The third-order valence-electron chi connectivity index (χ3n) is 2.37. The van der Waals surface area contributed by atoms with Crippen LogP contribution in [0.1, 0.15) is 23.8 Å². The van der Waals surface area contributed by atoms with Gasteiger partial charge in [0.25, 0.3) is 5.91 Å². The Morgan fingerprint density at radius 1 is 1.58 bits per heavy atom. The first kappa shape index (κ1) is 14.7. The maximum Gasteiger partial charge on any atom is 0.326 e. The Kier molecular flexibility index (Phi) is 5.53. The summed E-state index contributed by atoms with van der Waals surface area (Å²) >= 11 is 0. The zero-order chi connectivity index (χ0) is 14.3. The zero-order valence-electron chi connectivity index (χ0n) is 10.7. The minimum absolute atomic E-state index is 0.245. The summed E-state index contributed by atoms with van der Waals surface area (Å²) in [6, 6.07) is 2.35. The van der Waals surface area contributed by atoms with Crippen LogP contribution in [0.25, 0.3) is 0 Å². The predicted molar refractivity (Wildman–Crippen MR) is 72.1 cm³/mol. The largest absolute Gasteiger partial charge is 0.480 e. The topological polar surface area (TPSA) is 91.3 Å². The molecule has 19 heavy (non-hydrogen) atoms. The monoisotopic (exact) mass is 263 g/mol. The van der Waals surface area contributed by atoms with Gasteiger partial charge in [-0.25, -0.2) is 4.79 Å². The van der Waals surface area contributed by atoms with Gasteiger partial charge in [-0.2, -0.15) is 0 Å². The van der Waals surface area contributed by atoms with Gasteiger partial charge in [0, 0.05) is 18.4 Å². The number of hydrogen-bond donors (Lipinski definition) is 3. The van der Waals surface area contributed by atoms with E-state index in [1.165, 1.54) is 18.3 Å². The van der Waals surface area contributed by atoms with Crippen LogP contribution < -0.4 is 10.6 Å². The maximum absolute atomic E-state index is 11.6. The first-order valence-corrected chi connectivity index (χ1v) is 5.93. The highest BCUT2D eigenvalue weighted by atomic mass is 16.4. The molecule has 6 nitrogen and oxygen atoms in total. The Labute approximate surface area is 111 Å². The minimum atomic E-state index is -0.976. The second-order valence-corrected chi connectivity index (χ2v) is 3.85. The van der Waals surface area contributed by atoms with Crippen LogP contribution in [-0.2, 0) is 4.79 Å². The Morgan fingerprint density at radius 3 is 2.89 bits per heavy atom. The zero-order valence-corrected chi connectivity index (χ0v) is 10.7. The molecule has 1 heterocycles. The van der Waals surface area contributed by atoms with Crippen molar-refractivity contribution < 1.29 is 14.7 Å². The SMILES string of the molecule is C=CCC(Nc1ccnc(C(=O)NCC)c1)C(=O)O. The van der Waals surface area contributed by atoms with Crippen LogP contribution in [0, 0.1) is 0 Å². The van der Waals surface area contributed by atoms with E-state index in [0.717, 1.165) is 0 Å². The van der Waals surface area contributed by atoms with Crippen LogP contribution in [0.5, 0.6) is 0 Å². The van der Waals surface area contributed by atoms with E-state index in [1.807, 2.05) is 6.92 Å². The summed E-state index contributed by atoms with van der Waals surface area (Å²) in [4.78, 5) is 26.6. The number of pyridine rings is 1. The molecule has 0 aromatic carbocycles. The molecular weight excluding hydrogens is 246 g/mol. The molecule has 0 aliphatic heterocycles. The van der Waals surface area contributed by atoms with Gasteiger partial charge in [0.1, 0.15) is 11.7 Å². The van der Waals surface area contributed by atoms with E-state index >= 15 is 0 Å². The van der Waals surface area contributed by atoms with Crippen LogP contribution in [0.4, 0.5) is 5.69 Å². The number of rotatable bonds is 7. The second-order valence-electron chi connectivity index (χ2n) is 3.85. The Morgan fingerprint density at radius 2 is 2.32 bits per heavy atom. The van der Waals surface area contributed by atoms with E-state index in [-0.39, 0.29) is 18.0 Å². The number of nitrogens with zero attached hydrogens (tertiary/aromatic N) is 1. The first-order chi connectivity index (χ1) is 9.08. The van der Waals surface area contributed by atoms with Gasteiger partial charge >= 0.3 is 5.97 Å². The van der Waals surface area contributed by atoms with Gasteiger partial charge in [-0.05, 0) is 25.5 Å². The lowest BCUT2D eigenvalue weighted by molar-refractivity contribution is -0.137. The quantitative estimate of drug-likeness (QED) is 0.644. The molecule has 1 rings (SSSR count). The molecule has 102 valence electrons. The van der Waals surface area contributed by atoms with Crippen LogP contribution >= 0.6 is 0 Å². The van der Waals surface area contributed by atoms with Crippen LogP contribution in [-0.4, -0.2) is 34.6 Å². The average molecular weight is 263 g/mol. The van der Waals surface area contributed by atoms with Crippen molar-refractivity contribution in [3.8, 4) is 0 Å². The van der Waals surface area contributed by atoms with Crippen molar-refractivity contribution in [3.63, 3.8) is 0 Å². The number of carbonyl (C=O) groups is 2. The van der Waals surface area contributed by atoms with Crippen molar-refractivity contribution in [1.82, 2.24) is 10.3 Å². The number of carbonyl (C=O) groups excluding carboxylic acids is 1. The summed E-state index contributed by atoms with van der Waals surface area (Å²) in [5.74, 6) is -1.27. The summed E-state index contributed by atoms with van der Waals surface area (Å²) < 4.78 is 0. The molecule has 0 spiro atoms. The van der Waals surface area contributed by atoms with E-state index in [1.54, 1.807) is 6.07 Å². The van der Waals surface area contributed by atoms with E-state index in [2.05, 4.69) is 22.2 Å². The highest BCUT2D eigenvalue weighted by Gasteiger charge is 2.16. The van der Waals surface area contributed by atoms with Gasteiger partial charge in [0.05, 0.1) is 0 Å². The van der Waals surface area contributed by atoms with Crippen molar-refractivity contribution >= 4 is 17.6 Å². The minimum Gasteiger partial charge on any atom is -0.480 e. The van der Waals surface area contributed by atoms with Gasteiger partial charge in [-0.3, -0.25) is 9.78 Å². The normalized spacial score (nSPS) is 11.4. The molecular formula is C13H17N3O3. The number of amides is 1. The van der Waals surface area contributed by atoms with Gasteiger partial charge < -0.3 is 15.7 Å². The van der Waals surface area contributed by atoms with Crippen molar-refractivity contribution in [2.45, 2.75) is 19.4 Å². The molecule has 0 fully saturated rings. The molecule has 1 aromatic rings. The standard InChI is InChI=1S/C13H17N3O3/c1-3-5-10(13(18)19)16-9-6-7-15-11(8-9)12(17)14-4-2/h3,6-8,10H,1,4-5H2,2H3,(H,14,17)(H,15,16)(H,18,19). The fourth-order valence-electron chi connectivity index (χ4n) is 1.48. The Balaban J connectivity index is 2.83. The van der Waals surface area contributed by atoms with E-state index in [0.29, 0.717) is 12.2 Å². The number of hydrogen-bond acceptors (Lipinski definition) is 4. The van der Waals surface area contributed by atoms with Crippen molar-refractivity contribution in [2.75, 3.05) is 11.9 Å². The highest BCUT2D eigenvalue weighted by molar-refractivity contribution is 5.93. The lowest BCUT2D eigenvalue weighted by atomic mass is 10.2. The summed E-state index contributed by atoms with van der Waals surface area (Å²) in [5.41, 5.74) is 0.778. The number of aliphatic carboxylic acids is 1. The summed E-state index contributed by atoms with van der Waals surface area (Å²) in [6.07, 6.45) is 3.27. The van der Waals surface area contributed by atoms with Crippen LogP contribution in [0.3, 0.4) is 0 Å². The second kappa shape index (κ2) is 7.15. The lowest BCUT2D eigenvalue weighted by Gasteiger charge is -2.14. The maximum atomic E-state index is 11.6.